The van der Waals surface area contributed by atoms with Gasteiger partial charge in [-0.1, -0.05) is 42.5 Å². The minimum Gasteiger partial charge on any atom is -0.423 e. The molecule has 0 aliphatic carbocycles. The third-order valence-corrected chi connectivity index (χ3v) is 3.32. The standard InChI is InChI=1S/C17H15NO2/c1-12(13-7-3-2-4-8-13)18-15-11-17(19)20-16-10-6-5-9-14(15)16/h2-12,18H,1H3. The quantitative estimate of drug-likeness (QED) is 0.729. The molecule has 2 aromatic carbocycles. The van der Waals surface area contributed by atoms with E-state index in [0.717, 1.165) is 11.1 Å². The van der Waals surface area contributed by atoms with Crippen molar-refractivity contribution in [3.8, 4) is 0 Å². The van der Waals surface area contributed by atoms with Crippen LogP contribution in [-0.2, 0) is 0 Å². The lowest BCUT2D eigenvalue weighted by Gasteiger charge is -2.16. The first kappa shape index (κ1) is 12.5. The highest BCUT2D eigenvalue weighted by Crippen LogP contribution is 2.25. The lowest BCUT2D eigenvalue weighted by Crippen LogP contribution is -2.09. The Kier molecular flexibility index (Phi) is 3.25. The molecule has 0 spiro atoms. The Labute approximate surface area is 116 Å². The van der Waals surface area contributed by atoms with Crippen molar-refractivity contribution >= 4 is 16.7 Å². The topological polar surface area (TPSA) is 42.2 Å². The summed E-state index contributed by atoms with van der Waals surface area (Å²) in [4.78, 5) is 11.6. The predicted molar refractivity (Wildman–Crippen MR) is 81.0 cm³/mol. The van der Waals surface area contributed by atoms with E-state index in [2.05, 4.69) is 24.4 Å². The number of nitrogens with one attached hydrogen (secondary N) is 1. The lowest BCUT2D eigenvalue weighted by atomic mass is 10.1. The zero-order chi connectivity index (χ0) is 13.9. The Morgan fingerprint density at radius 2 is 1.70 bits per heavy atom. The first-order chi connectivity index (χ1) is 9.74. The molecule has 1 N–H and O–H groups in total. The van der Waals surface area contributed by atoms with Crippen LogP contribution in [0, 0.1) is 0 Å². The largest absolute Gasteiger partial charge is 0.423 e. The summed E-state index contributed by atoms with van der Waals surface area (Å²) >= 11 is 0. The van der Waals surface area contributed by atoms with E-state index in [1.54, 1.807) is 6.07 Å². The number of benzene rings is 2. The molecule has 0 saturated heterocycles. The molecule has 1 unspecified atom stereocenters. The molecule has 0 radical (unpaired) electrons. The Hall–Kier alpha value is -2.55. The van der Waals surface area contributed by atoms with Crippen LogP contribution in [0.15, 0.2) is 69.9 Å². The van der Waals surface area contributed by atoms with Crippen molar-refractivity contribution in [1.82, 2.24) is 0 Å². The smallest absolute Gasteiger partial charge is 0.338 e. The lowest BCUT2D eigenvalue weighted by molar-refractivity contribution is 0.561. The van der Waals surface area contributed by atoms with E-state index >= 15 is 0 Å². The molecular weight excluding hydrogens is 250 g/mol. The fourth-order valence-electron chi connectivity index (χ4n) is 2.29. The number of para-hydroxylation sites is 1. The van der Waals surface area contributed by atoms with Gasteiger partial charge in [-0.2, -0.15) is 0 Å². The summed E-state index contributed by atoms with van der Waals surface area (Å²) in [5.74, 6) is 0. The van der Waals surface area contributed by atoms with Crippen molar-refractivity contribution in [3.63, 3.8) is 0 Å². The van der Waals surface area contributed by atoms with E-state index in [-0.39, 0.29) is 11.7 Å². The van der Waals surface area contributed by atoms with Gasteiger partial charge in [-0.15, -0.1) is 0 Å². The molecule has 0 bridgehead atoms. The molecule has 0 aliphatic heterocycles. The van der Waals surface area contributed by atoms with Crippen molar-refractivity contribution in [2.45, 2.75) is 13.0 Å². The van der Waals surface area contributed by atoms with Gasteiger partial charge in [0.15, 0.2) is 0 Å². The molecule has 3 aromatic rings. The van der Waals surface area contributed by atoms with Gasteiger partial charge in [0.1, 0.15) is 5.58 Å². The summed E-state index contributed by atoms with van der Waals surface area (Å²) in [6.07, 6.45) is 0. The highest BCUT2D eigenvalue weighted by Gasteiger charge is 2.09. The first-order valence-corrected chi connectivity index (χ1v) is 6.58. The molecule has 0 fully saturated rings. The molecule has 1 atom stereocenters. The average molecular weight is 265 g/mol. The number of hydrogen-bond donors (Lipinski definition) is 1. The summed E-state index contributed by atoms with van der Waals surface area (Å²) in [6.45, 7) is 2.07. The second-order valence-electron chi connectivity index (χ2n) is 4.75. The summed E-state index contributed by atoms with van der Waals surface area (Å²) in [5.41, 5.74) is 2.23. The van der Waals surface area contributed by atoms with Crippen LogP contribution in [0.3, 0.4) is 0 Å². The van der Waals surface area contributed by atoms with Gasteiger partial charge < -0.3 is 9.73 Å². The van der Waals surface area contributed by atoms with Gasteiger partial charge in [0.25, 0.3) is 0 Å². The van der Waals surface area contributed by atoms with Crippen LogP contribution in [0.4, 0.5) is 5.69 Å². The zero-order valence-electron chi connectivity index (χ0n) is 11.2. The number of hydrogen-bond acceptors (Lipinski definition) is 3. The molecule has 1 heterocycles. The number of rotatable bonds is 3. The van der Waals surface area contributed by atoms with E-state index in [9.17, 15) is 4.79 Å². The van der Waals surface area contributed by atoms with Crippen molar-refractivity contribution in [2.75, 3.05) is 5.32 Å². The van der Waals surface area contributed by atoms with Gasteiger partial charge in [0.2, 0.25) is 0 Å². The van der Waals surface area contributed by atoms with Crippen LogP contribution in [0.2, 0.25) is 0 Å². The molecule has 3 rings (SSSR count). The van der Waals surface area contributed by atoms with Gasteiger partial charge in [0, 0.05) is 17.5 Å². The average Bonchev–Trinajstić information content (AvgIpc) is 2.48. The van der Waals surface area contributed by atoms with Crippen LogP contribution in [0.1, 0.15) is 18.5 Å². The van der Waals surface area contributed by atoms with E-state index < -0.39 is 0 Å². The second-order valence-corrected chi connectivity index (χ2v) is 4.75. The highest BCUT2D eigenvalue weighted by molar-refractivity contribution is 5.89. The molecule has 0 amide bonds. The Morgan fingerprint density at radius 1 is 1.00 bits per heavy atom. The van der Waals surface area contributed by atoms with Crippen LogP contribution in [0.25, 0.3) is 11.0 Å². The summed E-state index contributed by atoms with van der Waals surface area (Å²) in [5, 5.41) is 4.29. The molecule has 3 heteroatoms. The molecule has 100 valence electrons. The van der Waals surface area contributed by atoms with Crippen molar-refractivity contribution in [2.24, 2.45) is 0 Å². The summed E-state index contributed by atoms with van der Waals surface area (Å²) in [7, 11) is 0. The number of fused-ring (bicyclic) bond motifs is 1. The third-order valence-electron chi connectivity index (χ3n) is 3.32. The van der Waals surface area contributed by atoms with Gasteiger partial charge >= 0.3 is 5.63 Å². The molecule has 3 nitrogen and oxygen atoms in total. The zero-order valence-corrected chi connectivity index (χ0v) is 11.2. The fraction of sp³-hybridized carbons (Fsp3) is 0.118. The monoisotopic (exact) mass is 265 g/mol. The highest BCUT2D eigenvalue weighted by atomic mass is 16.4. The van der Waals surface area contributed by atoms with Crippen molar-refractivity contribution < 1.29 is 4.42 Å². The molecule has 20 heavy (non-hydrogen) atoms. The van der Waals surface area contributed by atoms with Gasteiger partial charge in [-0.25, -0.2) is 4.79 Å². The molecule has 1 aromatic heterocycles. The minimum atomic E-state index is -0.341. The maximum atomic E-state index is 11.6. The Bertz CT molecular complexity index is 778. The van der Waals surface area contributed by atoms with Crippen molar-refractivity contribution in [1.29, 1.82) is 0 Å². The van der Waals surface area contributed by atoms with E-state index in [1.807, 2.05) is 36.4 Å². The number of anilines is 1. The van der Waals surface area contributed by atoms with Gasteiger partial charge in [0.05, 0.1) is 5.69 Å². The SMILES string of the molecule is CC(Nc1cc(=O)oc2ccccc12)c1ccccc1. The Balaban J connectivity index is 2.01. The van der Waals surface area contributed by atoms with Crippen LogP contribution >= 0.6 is 0 Å². The van der Waals surface area contributed by atoms with E-state index in [0.29, 0.717) is 5.58 Å². The molecule has 0 aliphatic rings. The third kappa shape index (κ3) is 2.43. The Morgan fingerprint density at radius 3 is 2.50 bits per heavy atom. The molecular formula is C17H15NO2. The normalized spacial score (nSPS) is 12.2. The first-order valence-electron chi connectivity index (χ1n) is 6.58. The maximum Gasteiger partial charge on any atom is 0.338 e. The van der Waals surface area contributed by atoms with Crippen LogP contribution in [0.5, 0.6) is 0 Å². The minimum absolute atomic E-state index is 0.112. The van der Waals surface area contributed by atoms with E-state index in [4.69, 9.17) is 4.42 Å². The molecule has 0 saturated carbocycles. The van der Waals surface area contributed by atoms with Gasteiger partial charge in [-0.3, -0.25) is 0 Å². The fourth-order valence-corrected chi connectivity index (χ4v) is 2.29. The summed E-state index contributed by atoms with van der Waals surface area (Å²) < 4.78 is 5.19. The summed E-state index contributed by atoms with van der Waals surface area (Å²) in [6, 6.07) is 19.3. The predicted octanol–water partition coefficient (Wildman–Crippen LogP) is 3.97. The van der Waals surface area contributed by atoms with Gasteiger partial charge in [-0.05, 0) is 24.6 Å². The van der Waals surface area contributed by atoms with Crippen LogP contribution in [-0.4, -0.2) is 0 Å². The van der Waals surface area contributed by atoms with Crippen molar-refractivity contribution in [3.05, 3.63) is 76.6 Å². The second kappa shape index (κ2) is 5.21. The van der Waals surface area contributed by atoms with E-state index in [1.165, 1.54) is 11.6 Å². The maximum absolute atomic E-state index is 11.6. The van der Waals surface area contributed by atoms with Crippen LogP contribution < -0.4 is 10.9 Å².